The lowest BCUT2D eigenvalue weighted by atomic mass is 10.2. The first kappa shape index (κ1) is 9.22. The van der Waals surface area contributed by atoms with Gasteiger partial charge in [0.15, 0.2) is 0 Å². The highest BCUT2D eigenvalue weighted by molar-refractivity contribution is 5.58. The van der Waals surface area contributed by atoms with Crippen molar-refractivity contribution < 1.29 is 4.42 Å². The van der Waals surface area contributed by atoms with Crippen LogP contribution in [0.1, 0.15) is 5.76 Å². The molecule has 0 bridgehead atoms. The topological polar surface area (TPSA) is 49.8 Å². The minimum absolute atomic E-state index is 0.662. The lowest BCUT2D eigenvalue weighted by molar-refractivity contribution is 0.571. The number of rotatable bonds is 2. The molecule has 0 spiro atoms. The molecular weight excluding hydrogens is 188 g/mol. The molecule has 0 aliphatic heterocycles. The summed E-state index contributed by atoms with van der Waals surface area (Å²) in [6.07, 6.45) is 6.45. The number of nitriles is 1. The molecule has 3 heteroatoms. The zero-order chi connectivity index (χ0) is 10.5. The molecule has 0 saturated carbocycles. The van der Waals surface area contributed by atoms with Crippen LogP contribution >= 0.6 is 0 Å². The molecule has 3 nitrogen and oxygen atoms in total. The van der Waals surface area contributed by atoms with E-state index in [0.717, 1.165) is 11.3 Å². The van der Waals surface area contributed by atoms with Gasteiger partial charge in [0.25, 0.3) is 0 Å². The first-order valence-corrected chi connectivity index (χ1v) is 4.46. The minimum atomic E-state index is 0.662. The van der Waals surface area contributed by atoms with Crippen LogP contribution in [0.3, 0.4) is 0 Å². The molecule has 2 aromatic rings. The van der Waals surface area contributed by atoms with Gasteiger partial charge in [-0.1, -0.05) is 0 Å². The van der Waals surface area contributed by atoms with Crippen molar-refractivity contribution >= 4 is 6.08 Å². The molecule has 0 atom stereocenters. The lowest BCUT2D eigenvalue weighted by Gasteiger charge is -1.93. The van der Waals surface area contributed by atoms with E-state index in [2.05, 4.69) is 4.98 Å². The number of furan rings is 1. The summed E-state index contributed by atoms with van der Waals surface area (Å²) >= 11 is 0. The maximum Gasteiger partial charge on any atom is 0.136 e. The molecular formula is C12H8N2O. The van der Waals surface area contributed by atoms with Gasteiger partial charge in [0.1, 0.15) is 11.5 Å². The Balaban J connectivity index is 2.29. The van der Waals surface area contributed by atoms with Crippen molar-refractivity contribution in [2.75, 3.05) is 0 Å². The number of hydrogen-bond donors (Lipinski definition) is 0. The van der Waals surface area contributed by atoms with Crippen molar-refractivity contribution in [1.29, 1.82) is 5.26 Å². The molecule has 0 N–H and O–H groups in total. The molecule has 0 amide bonds. The molecule has 0 unspecified atom stereocenters. The zero-order valence-corrected chi connectivity index (χ0v) is 7.92. The molecule has 0 saturated heterocycles. The Bertz CT molecular complexity index is 506. The van der Waals surface area contributed by atoms with E-state index in [0.29, 0.717) is 5.76 Å². The summed E-state index contributed by atoms with van der Waals surface area (Å²) in [5.41, 5.74) is 0.925. The first-order chi connectivity index (χ1) is 7.40. The number of nitrogens with zero attached hydrogens (tertiary/aromatic N) is 2. The number of hydrogen-bond acceptors (Lipinski definition) is 3. The number of aromatic nitrogens is 1. The van der Waals surface area contributed by atoms with E-state index in [-0.39, 0.29) is 0 Å². The molecule has 0 aliphatic rings. The molecule has 0 radical (unpaired) electrons. The summed E-state index contributed by atoms with van der Waals surface area (Å²) in [5.74, 6) is 1.41. The van der Waals surface area contributed by atoms with Crippen LogP contribution in [0.15, 0.2) is 47.2 Å². The van der Waals surface area contributed by atoms with Crippen molar-refractivity contribution in [2.45, 2.75) is 0 Å². The van der Waals surface area contributed by atoms with Gasteiger partial charge in [0, 0.05) is 24.0 Å². The lowest BCUT2D eigenvalue weighted by Crippen LogP contribution is -1.74. The third kappa shape index (κ3) is 2.12. The predicted octanol–water partition coefficient (Wildman–Crippen LogP) is 2.88. The number of pyridine rings is 1. The number of allylic oxidation sites excluding steroid dienone is 1. The van der Waals surface area contributed by atoms with Gasteiger partial charge >= 0.3 is 0 Å². The van der Waals surface area contributed by atoms with Crippen LogP contribution in [-0.4, -0.2) is 4.98 Å². The molecule has 2 rings (SSSR count). The molecule has 72 valence electrons. The quantitative estimate of drug-likeness (QED) is 0.694. The summed E-state index contributed by atoms with van der Waals surface area (Å²) in [7, 11) is 0. The van der Waals surface area contributed by atoms with Crippen LogP contribution in [0.5, 0.6) is 0 Å². The molecule has 15 heavy (non-hydrogen) atoms. The molecule has 0 fully saturated rings. The van der Waals surface area contributed by atoms with Gasteiger partial charge in [-0.3, -0.25) is 4.98 Å². The normalized spacial score (nSPS) is 10.3. The van der Waals surface area contributed by atoms with Gasteiger partial charge in [-0.25, -0.2) is 0 Å². The molecule has 0 aliphatic carbocycles. The Morgan fingerprint density at radius 3 is 3.00 bits per heavy atom. The van der Waals surface area contributed by atoms with Crippen LogP contribution in [-0.2, 0) is 0 Å². The van der Waals surface area contributed by atoms with E-state index in [9.17, 15) is 0 Å². The van der Waals surface area contributed by atoms with E-state index >= 15 is 0 Å². The summed E-state index contributed by atoms with van der Waals surface area (Å²) in [6.45, 7) is 0. The van der Waals surface area contributed by atoms with Crippen LogP contribution in [0, 0.1) is 11.3 Å². The Hall–Kier alpha value is -2.34. The van der Waals surface area contributed by atoms with Crippen LogP contribution in [0.4, 0.5) is 0 Å². The van der Waals surface area contributed by atoms with Gasteiger partial charge < -0.3 is 4.42 Å². The largest absolute Gasteiger partial charge is 0.457 e. The fourth-order valence-corrected chi connectivity index (χ4v) is 1.23. The Labute approximate surface area is 87.3 Å². The van der Waals surface area contributed by atoms with E-state index < -0.39 is 0 Å². The average molecular weight is 196 g/mol. The van der Waals surface area contributed by atoms with Crippen LogP contribution in [0.25, 0.3) is 17.4 Å². The van der Waals surface area contributed by atoms with E-state index in [1.807, 2.05) is 30.3 Å². The van der Waals surface area contributed by atoms with Crippen molar-refractivity contribution in [3.05, 3.63) is 48.5 Å². The second kappa shape index (κ2) is 4.25. The minimum Gasteiger partial charge on any atom is -0.457 e. The Morgan fingerprint density at radius 1 is 1.33 bits per heavy atom. The standard InChI is InChI=1S/C12H8N2O/c13-7-1-4-11-5-6-12(15-11)10-3-2-8-14-9-10/h1-6,8-9H. The van der Waals surface area contributed by atoms with Gasteiger partial charge in [-0.05, 0) is 30.3 Å². The summed E-state index contributed by atoms with van der Waals surface area (Å²) < 4.78 is 5.49. The maximum absolute atomic E-state index is 8.36. The molecule has 2 aromatic heterocycles. The Morgan fingerprint density at radius 2 is 2.27 bits per heavy atom. The first-order valence-electron chi connectivity index (χ1n) is 4.46. The van der Waals surface area contributed by atoms with Crippen molar-refractivity contribution in [3.8, 4) is 17.4 Å². The second-order valence-corrected chi connectivity index (χ2v) is 2.91. The Kier molecular flexibility index (Phi) is 2.61. The van der Waals surface area contributed by atoms with Gasteiger partial charge in [0.2, 0.25) is 0 Å². The molecule has 0 aromatic carbocycles. The summed E-state index contributed by atoms with van der Waals surface area (Å²) in [5, 5.41) is 8.36. The van der Waals surface area contributed by atoms with Crippen LogP contribution in [0.2, 0.25) is 0 Å². The van der Waals surface area contributed by atoms with Gasteiger partial charge in [0.05, 0.1) is 6.07 Å². The third-order valence-electron chi connectivity index (χ3n) is 1.89. The SMILES string of the molecule is N#CC=Cc1ccc(-c2cccnc2)o1. The van der Waals surface area contributed by atoms with Crippen molar-refractivity contribution in [3.63, 3.8) is 0 Å². The summed E-state index contributed by atoms with van der Waals surface area (Å²) in [6, 6.07) is 9.35. The fourth-order valence-electron chi connectivity index (χ4n) is 1.23. The third-order valence-corrected chi connectivity index (χ3v) is 1.89. The second-order valence-electron chi connectivity index (χ2n) is 2.91. The smallest absolute Gasteiger partial charge is 0.136 e. The average Bonchev–Trinajstić information content (AvgIpc) is 2.76. The highest BCUT2D eigenvalue weighted by Crippen LogP contribution is 2.21. The van der Waals surface area contributed by atoms with E-state index in [1.54, 1.807) is 18.5 Å². The van der Waals surface area contributed by atoms with E-state index in [4.69, 9.17) is 9.68 Å². The monoisotopic (exact) mass is 196 g/mol. The fraction of sp³-hybridized carbons (Fsp3) is 0. The zero-order valence-electron chi connectivity index (χ0n) is 7.92. The van der Waals surface area contributed by atoms with Gasteiger partial charge in [-0.15, -0.1) is 0 Å². The molecule has 2 heterocycles. The van der Waals surface area contributed by atoms with Crippen molar-refractivity contribution in [2.24, 2.45) is 0 Å². The highest BCUT2D eigenvalue weighted by Gasteiger charge is 2.01. The maximum atomic E-state index is 8.36. The van der Waals surface area contributed by atoms with Gasteiger partial charge in [-0.2, -0.15) is 5.26 Å². The predicted molar refractivity (Wildman–Crippen MR) is 56.6 cm³/mol. The van der Waals surface area contributed by atoms with Crippen molar-refractivity contribution in [1.82, 2.24) is 4.98 Å². The van der Waals surface area contributed by atoms with E-state index in [1.165, 1.54) is 6.08 Å². The van der Waals surface area contributed by atoms with Crippen LogP contribution < -0.4 is 0 Å². The highest BCUT2D eigenvalue weighted by atomic mass is 16.3. The summed E-state index contributed by atoms with van der Waals surface area (Å²) in [4.78, 5) is 4.00.